The van der Waals surface area contributed by atoms with Gasteiger partial charge in [0.25, 0.3) is 0 Å². The van der Waals surface area contributed by atoms with Gasteiger partial charge in [-0.1, -0.05) is 39.0 Å². The number of ether oxygens (including phenoxy) is 2. The SMILES string of the molecule is C#CCCCCCCCCOCOCCCC. The van der Waals surface area contributed by atoms with Crippen LogP contribution in [-0.4, -0.2) is 20.0 Å². The Bertz CT molecular complexity index is 172. The summed E-state index contributed by atoms with van der Waals surface area (Å²) in [7, 11) is 0. The molecule has 0 aromatic heterocycles. The average molecular weight is 240 g/mol. The van der Waals surface area contributed by atoms with Crippen LogP contribution in [0.25, 0.3) is 0 Å². The maximum atomic E-state index is 5.38. The van der Waals surface area contributed by atoms with Gasteiger partial charge in [-0.25, -0.2) is 0 Å². The zero-order valence-electron chi connectivity index (χ0n) is 11.4. The molecule has 0 fully saturated rings. The van der Waals surface area contributed by atoms with Gasteiger partial charge in [0.2, 0.25) is 0 Å². The maximum absolute atomic E-state index is 5.38. The molecular weight excluding hydrogens is 212 g/mol. The largest absolute Gasteiger partial charge is 0.355 e. The second-order valence-electron chi connectivity index (χ2n) is 4.36. The summed E-state index contributed by atoms with van der Waals surface area (Å²) in [6, 6.07) is 0. The lowest BCUT2D eigenvalue weighted by atomic mass is 10.1. The molecule has 0 amide bonds. The summed E-state index contributed by atoms with van der Waals surface area (Å²) in [4.78, 5) is 0. The molecule has 0 N–H and O–H groups in total. The summed E-state index contributed by atoms with van der Waals surface area (Å²) in [5.74, 6) is 2.67. The van der Waals surface area contributed by atoms with Crippen molar-refractivity contribution in [1.82, 2.24) is 0 Å². The average Bonchev–Trinajstić information content (AvgIpc) is 2.35. The van der Waals surface area contributed by atoms with Gasteiger partial charge in [0, 0.05) is 19.6 Å². The molecule has 0 aromatic rings. The molecule has 0 radical (unpaired) electrons. The predicted molar refractivity (Wildman–Crippen MR) is 72.8 cm³/mol. The van der Waals surface area contributed by atoms with Gasteiger partial charge in [-0.2, -0.15) is 0 Å². The molecule has 0 unspecified atom stereocenters. The quantitative estimate of drug-likeness (QED) is 0.274. The Balaban J connectivity index is 2.87. The normalized spacial score (nSPS) is 10.4. The molecule has 0 atom stereocenters. The summed E-state index contributed by atoms with van der Waals surface area (Å²) in [6.45, 7) is 4.28. The van der Waals surface area contributed by atoms with Crippen molar-refractivity contribution in [2.75, 3.05) is 20.0 Å². The van der Waals surface area contributed by atoms with E-state index in [9.17, 15) is 0 Å². The van der Waals surface area contributed by atoms with E-state index >= 15 is 0 Å². The minimum Gasteiger partial charge on any atom is -0.355 e. The van der Waals surface area contributed by atoms with Crippen molar-refractivity contribution in [3.63, 3.8) is 0 Å². The third kappa shape index (κ3) is 15.5. The molecule has 0 aliphatic carbocycles. The predicted octanol–water partition coefficient (Wildman–Crippen LogP) is 4.14. The molecule has 2 nitrogen and oxygen atoms in total. The van der Waals surface area contributed by atoms with E-state index in [1.807, 2.05) is 0 Å². The Morgan fingerprint density at radius 3 is 2.06 bits per heavy atom. The highest BCUT2D eigenvalue weighted by atomic mass is 16.7. The van der Waals surface area contributed by atoms with Crippen molar-refractivity contribution in [2.45, 2.75) is 64.7 Å². The minimum absolute atomic E-state index is 0.460. The van der Waals surface area contributed by atoms with E-state index in [4.69, 9.17) is 15.9 Å². The van der Waals surface area contributed by atoms with E-state index in [1.54, 1.807) is 0 Å². The number of unbranched alkanes of at least 4 members (excludes halogenated alkanes) is 7. The van der Waals surface area contributed by atoms with Crippen LogP contribution in [0.3, 0.4) is 0 Å². The molecule has 0 aliphatic heterocycles. The highest BCUT2D eigenvalue weighted by Crippen LogP contribution is 2.06. The van der Waals surface area contributed by atoms with Gasteiger partial charge in [0.05, 0.1) is 0 Å². The third-order valence-electron chi connectivity index (χ3n) is 2.67. The highest BCUT2D eigenvalue weighted by Gasteiger charge is 1.92. The Morgan fingerprint density at radius 2 is 1.41 bits per heavy atom. The molecule has 0 rings (SSSR count). The second kappa shape index (κ2) is 15.5. The van der Waals surface area contributed by atoms with Crippen LogP contribution in [0, 0.1) is 12.3 Å². The van der Waals surface area contributed by atoms with Crippen LogP contribution >= 0.6 is 0 Å². The summed E-state index contributed by atoms with van der Waals surface area (Å²) in [6.07, 6.45) is 15.9. The van der Waals surface area contributed by atoms with Crippen molar-refractivity contribution < 1.29 is 9.47 Å². The zero-order chi connectivity index (χ0) is 12.6. The van der Waals surface area contributed by atoms with Gasteiger partial charge >= 0.3 is 0 Å². The Morgan fingerprint density at radius 1 is 0.824 bits per heavy atom. The van der Waals surface area contributed by atoms with Gasteiger partial charge in [-0.3, -0.25) is 0 Å². The van der Waals surface area contributed by atoms with E-state index in [1.165, 1.54) is 38.5 Å². The smallest absolute Gasteiger partial charge is 0.146 e. The van der Waals surface area contributed by atoms with Crippen LogP contribution in [0.5, 0.6) is 0 Å². The first kappa shape index (κ1) is 16.5. The Kier molecular flexibility index (Phi) is 15.0. The van der Waals surface area contributed by atoms with Gasteiger partial charge in [0.1, 0.15) is 6.79 Å². The molecule has 0 saturated heterocycles. The van der Waals surface area contributed by atoms with Crippen molar-refractivity contribution in [1.29, 1.82) is 0 Å². The zero-order valence-corrected chi connectivity index (χ0v) is 11.4. The molecule has 0 bridgehead atoms. The van der Waals surface area contributed by atoms with Crippen LogP contribution < -0.4 is 0 Å². The molecule has 100 valence electrons. The second-order valence-corrected chi connectivity index (χ2v) is 4.36. The lowest BCUT2D eigenvalue weighted by Gasteiger charge is -2.05. The van der Waals surface area contributed by atoms with E-state index < -0.39 is 0 Å². The Hall–Kier alpha value is -0.520. The molecule has 0 aliphatic rings. The summed E-state index contributed by atoms with van der Waals surface area (Å²) < 4.78 is 10.7. The van der Waals surface area contributed by atoms with Gasteiger partial charge in [-0.15, -0.1) is 12.3 Å². The Labute approximate surface area is 107 Å². The van der Waals surface area contributed by atoms with E-state index in [-0.39, 0.29) is 0 Å². The molecule has 0 aromatic carbocycles. The molecule has 2 heteroatoms. The lowest BCUT2D eigenvalue weighted by molar-refractivity contribution is -0.0553. The fraction of sp³-hybridized carbons (Fsp3) is 0.867. The van der Waals surface area contributed by atoms with Crippen LogP contribution in [0.1, 0.15) is 64.7 Å². The minimum atomic E-state index is 0.460. The fourth-order valence-corrected chi connectivity index (χ4v) is 1.56. The van der Waals surface area contributed by atoms with Crippen molar-refractivity contribution in [3.05, 3.63) is 0 Å². The number of hydrogen-bond acceptors (Lipinski definition) is 2. The highest BCUT2D eigenvalue weighted by molar-refractivity contribution is 4.82. The molecule has 17 heavy (non-hydrogen) atoms. The fourth-order valence-electron chi connectivity index (χ4n) is 1.56. The van der Waals surface area contributed by atoms with Crippen LogP contribution in [0.2, 0.25) is 0 Å². The third-order valence-corrected chi connectivity index (χ3v) is 2.67. The first-order chi connectivity index (χ1) is 8.41. The molecule has 0 heterocycles. The summed E-state index contributed by atoms with van der Waals surface area (Å²) in [5.41, 5.74) is 0. The standard InChI is InChI=1S/C15H28O2/c1-3-5-7-8-9-10-11-12-14-17-15-16-13-6-4-2/h1H,4-15H2,2H3. The van der Waals surface area contributed by atoms with Gasteiger partial charge in [-0.05, 0) is 19.3 Å². The van der Waals surface area contributed by atoms with Crippen LogP contribution in [0.15, 0.2) is 0 Å². The first-order valence-corrected chi connectivity index (χ1v) is 7.00. The molecular formula is C15H28O2. The van der Waals surface area contributed by atoms with Crippen molar-refractivity contribution in [2.24, 2.45) is 0 Å². The van der Waals surface area contributed by atoms with Gasteiger partial charge < -0.3 is 9.47 Å². The topological polar surface area (TPSA) is 18.5 Å². The molecule has 0 saturated carbocycles. The van der Waals surface area contributed by atoms with E-state index in [2.05, 4.69) is 12.8 Å². The van der Waals surface area contributed by atoms with E-state index in [0.717, 1.165) is 32.5 Å². The lowest BCUT2D eigenvalue weighted by Crippen LogP contribution is -2.02. The number of hydrogen-bond donors (Lipinski definition) is 0. The monoisotopic (exact) mass is 240 g/mol. The van der Waals surface area contributed by atoms with Crippen LogP contribution in [0.4, 0.5) is 0 Å². The number of terminal acetylenes is 1. The van der Waals surface area contributed by atoms with Crippen molar-refractivity contribution >= 4 is 0 Å². The summed E-state index contributed by atoms with van der Waals surface area (Å²) >= 11 is 0. The van der Waals surface area contributed by atoms with Crippen LogP contribution in [-0.2, 0) is 9.47 Å². The van der Waals surface area contributed by atoms with Crippen molar-refractivity contribution in [3.8, 4) is 12.3 Å². The summed E-state index contributed by atoms with van der Waals surface area (Å²) in [5, 5.41) is 0. The maximum Gasteiger partial charge on any atom is 0.146 e. The van der Waals surface area contributed by atoms with E-state index in [0.29, 0.717) is 6.79 Å². The number of rotatable bonds is 13. The molecule has 0 spiro atoms. The van der Waals surface area contributed by atoms with Gasteiger partial charge in [0.15, 0.2) is 0 Å². The first-order valence-electron chi connectivity index (χ1n) is 7.00.